The zero-order chi connectivity index (χ0) is 22.5. The Kier molecular flexibility index (Phi) is 5.30. The highest BCUT2D eigenvalue weighted by Gasteiger charge is 2.46. The molecule has 1 N–H and O–H groups in total. The maximum absolute atomic E-state index is 13.8. The number of halogens is 5. The number of carbonyl (C=O) groups excluding carboxylic acids is 2. The molecule has 1 aromatic carbocycles. The lowest BCUT2D eigenvalue weighted by Gasteiger charge is -2.32. The molecule has 2 atom stereocenters. The van der Waals surface area contributed by atoms with Gasteiger partial charge < -0.3 is 10.1 Å². The molecule has 162 valence electrons. The Morgan fingerprint density at radius 3 is 2.68 bits per heavy atom. The fraction of sp³-hybridized carbons (Fsp3) is 0.222. The number of methoxy groups -OCH3 is 1. The van der Waals surface area contributed by atoms with Crippen LogP contribution in [0.15, 0.2) is 30.5 Å². The van der Waals surface area contributed by atoms with Gasteiger partial charge in [0, 0.05) is 10.5 Å². The van der Waals surface area contributed by atoms with Gasteiger partial charge >= 0.3 is 12.2 Å². The number of amides is 3. The second-order valence-corrected chi connectivity index (χ2v) is 8.08. The minimum atomic E-state index is -4.72. The highest BCUT2D eigenvalue weighted by molar-refractivity contribution is 8.09. The molecule has 1 saturated heterocycles. The lowest BCUT2D eigenvalue weighted by atomic mass is 10.1. The zero-order valence-corrected chi connectivity index (χ0v) is 17.0. The first-order valence-electron chi connectivity index (χ1n) is 8.56. The minimum absolute atomic E-state index is 0.0630. The number of fused-ring (bicyclic) bond motifs is 1. The zero-order valence-electron chi connectivity index (χ0n) is 15.4. The summed E-state index contributed by atoms with van der Waals surface area (Å²) >= 11 is 7.16. The summed E-state index contributed by atoms with van der Waals surface area (Å²) in [6.07, 6.45) is -2.66. The van der Waals surface area contributed by atoms with Crippen LogP contribution >= 0.6 is 23.4 Å². The van der Waals surface area contributed by atoms with Gasteiger partial charge in [0.05, 0.1) is 29.9 Å². The summed E-state index contributed by atoms with van der Waals surface area (Å²) in [6.45, 7) is 0. The number of nitrogens with zero attached hydrogens (tertiary/aromatic N) is 3. The van der Waals surface area contributed by atoms with Crippen molar-refractivity contribution in [3.63, 3.8) is 0 Å². The van der Waals surface area contributed by atoms with Crippen molar-refractivity contribution in [3.05, 3.63) is 52.4 Å². The maximum atomic E-state index is 13.8. The van der Waals surface area contributed by atoms with E-state index in [4.69, 9.17) is 16.3 Å². The van der Waals surface area contributed by atoms with Crippen LogP contribution in [0.5, 0.6) is 5.75 Å². The molecule has 7 nitrogen and oxygen atoms in total. The summed E-state index contributed by atoms with van der Waals surface area (Å²) < 4.78 is 57.7. The lowest BCUT2D eigenvalue weighted by molar-refractivity contribution is -0.138. The van der Waals surface area contributed by atoms with E-state index in [2.05, 4.69) is 15.5 Å². The number of hydrogen-bond acceptors (Lipinski definition) is 6. The predicted molar refractivity (Wildman–Crippen MR) is 104 cm³/mol. The summed E-state index contributed by atoms with van der Waals surface area (Å²) in [5.74, 6) is -2.06. The van der Waals surface area contributed by atoms with E-state index in [1.54, 1.807) is 6.08 Å². The van der Waals surface area contributed by atoms with Gasteiger partial charge in [0.25, 0.3) is 5.91 Å². The first kappa shape index (κ1) is 21.4. The van der Waals surface area contributed by atoms with Gasteiger partial charge in [-0.1, -0.05) is 11.6 Å². The van der Waals surface area contributed by atoms with Crippen molar-refractivity contribution in [2.75, 3.05) is 12.0 Å². The van der Waals surface area contributed by atoms with Gasteiger partial charge in [-0.2, -0.15) is 18.3 Å². The summed E-state index contributed by atoms with van der Waals surface area (Å²) in [5.41, 5.74) is -0.768. The highest BCUT2D eigenvalue weighted by atomic mass is 35.5. The molecule has 0 spiro atoms. The summed E-state index contributed by atoms with van der Waals surface area (Å²) in [7, 11) is 1.28. The molecular weight excluding hydrogens is 464 g/mol. The number of anilines is 1. The Morgan fingerprint density at radius 1 is 1.26 bits per heavy atom. The van der Waals surface area contributed by atoms with Gasteiger partial charge in [-0.25, -0.2) is 14.1 Å². The van der Waals surface area contributed by atoms with Gasteiger partial charge in [0.2, 0.25) is 0 Å². The predicted octanol–water partition coefficient (Wildman–Crippen LogP) is 3.88. The van der Waals surface area contributed by atoms with Crippen LogP contribution in [-0.2, 0) is 11.0 Å². The van der Waals surface area contributed by atoms with E-state index < -0.39 is 46.6 Å². The normalized spacial score (nSPS) is 21.0. The quantitative estimate of drug-likeness (QED) is 0.680. The molecule has 31 heavy (non-hydrogen) atoms. The number of imide groups is 1. The molecule has 13 heteroatoms. The summed E-state index contributed by atoms with van der Waals surface area (Å²) in [6, 6.07) is 1.30. The van der Waals surface area contributed by atoms with Gasteiger partial charge in [0.15, 0.2) is 17.4 Å². The van der Waals surface area contributed by atoms with Crippen molar-refractivity contribution in [3.8, 4) is 5.75 Å². The third kappa shape index (κ3) is 3.81. The molecule has 3 amide bonds. The van der Waals surface area contributed by atoms with E-state index in [9.17, 15) is 27.2 Å². The molecule has 0 radical (unpaired) electrons. The van der Waals surface area contributed by atoms with Gasteiger partial charge in [-0.15, -0.1) is 16.9 Å². The van der Waals surface area contributed by atoms with Crippen LogP contribution in [0, 0.1) is 5.82 Å². The fourth-order valence-corrected chi connectivity index (χ4v) is 4.72. The largest absolute Gasteiger partial charge is 0.494 e. The molecule has 1 fully saturated rings. The van der Waals surface area contributed by atoms with E-state index in [0.717, 1.165) is 17.8 Å². The molecule has 2 unspecified atom stereocenters. The van der Waals surface area contributed by atoms with Gasteiger partial charge in [-0.3, -0.25) is 4.79 Å². The van der Waals surface area contributed by atoms with Crippen LogP contribution < -0.4 is 15.0 Å². The van der Waals surface area contributed by atoms with Crippen LogP contribution in [0.2, 0.25) is 5.02 Å². The smallest absolute Gasteiger partial charge is 0.418 e. The first-order valence-corrected chi connectivity index (χ1v) is 9.82. The Bertz CT molecular complexity index is 1130. The number of aromatic nitrogens is 2. The number of benzene rings is 1. The third-order valence-corrected chi connectivity index (χ3v) is 6.24. The summed E-state index contributed by atoms with van der Waals surface area (Å²) in [4.78, 5) is 26.4. The standard InChI is InChI=1S/C18H11ClF4N4O3S/c1-30-12-3-8(9(19)4-10(12)20)13-5-11-15(31-13)16(28)27(17(29)25-11)14-2-7(6-24-26-14)18(21,22)23/h2-6,11,15H,1H3,(H,25,29). The average molecular weight is 475 g/mol. The van der Waals surface area contributed by atoms with E-state index in [0.29, 0.717) is 27.6 Å². The lowest BCUT2D eigenvalue weighted by Crippen LogP contribution is -2.60. The van der Waals surface area contributed by atoms with Crippen molar-refractivity contribution < 1.29 is 31.9 Å². The van der Waals surface area contributed by atoms with E-state index >= 15 is 0 Å². The number of thioether (sulfide) groups is 1. The molecule has 0 aliphatic carbocycles. The number of ether oxygens (including phenoxy) is 1. The molecular formula is C18H11ClF4N4O3S. The first-order chi connectivity index (χ1) is 14.6. The van der Waals surface area contributed by atoms with Crippen LogP contribution in [0.3, 0.4) is 0 Å². The van der Waals surface area contributed by atoms with E-state index in [1.165, 1.54) is 13.2 Å². The topological polar surface area (TPSA) is 84.4 Å². The second kappa shape index (κ2) is 7.68. The SMILES string of the molecule is COc1cc(C2=CC3NC(=O)N(c4cc(C(F)(F)F)cnn4)C(=O)C3S2)c(Cl)cc1F. The molecule has 0 bridgehead atoms. The minimum Gasteiger partial charge on any atom is -0.494 e. The molecule has 2 aromatic rings. The number of urea groups is 1. The Balaban J connectivity index is 1.64. The van der Waals surface area contributed by atoms with Crippen molar-refractivity contribution in [1.82, 2.24) is 15.5 Å². The number of alkyl halides is 3. The number of carbonyl (C=O) groups is 2. The number of hydrogen-bond donors (Lipinski definition) is 1. The van der Waals surface area contributed by atoms with E-state index in [1.807, 2.05) is 0 Å². The van der Waals surface area contributed by atoms with Crippen LogP contribution in [0.4, 0.5) is 28.2 Å². The van der Waals surface area contributed by atoms with Crippen LogP contribution in [0.1, 0.15) is 11.1 Å². The fourth-order valence-electron chi connectivity index (χ4n) is 3.12. The molecule has 0 saturated carbocycles. The Labute approximate surface area is 181 Å². The molecule has 2 aliphatic rings. The third-order valence-electron chi connectivity index (χ3n) is 4.57. The van der Waals surface area contributed by atoms with Gasteiger partial charge in [0.1, 0.15) is 5.25 Å². The summed E-state index contributed by atoms with van der Waals surface area (Å²) in [5, 5.41) is 8.47. The molecule has 3 heterocycles. The van der Waals surface area contributed by atoms with Crippen molar-refractivity contribution in [2.24, 2.45) is 0 Å². The number of rotatable bonds is 3. The van der Waals surface area contributed by atoms with Crippen molar-refractivity contribution >= 4 is 46.0 Å². The van der Waals surface area contributed by atoms with Crippen molar-refractivity contribution in [2.45, 2.75) is 17.5 Å². The monoisotopic (exact) mass is 474 g/mol. The molecule has 4 rings (SSSR count). The maximum Gasteiger partial charge on any atom is 0.418 e. The molecule has 2 aliphatic heterocycles. The second-order valence-electron chi connectivity index (χ2n) is 6.49. The Morgan fingerprint density at radius 2 is 2.00 bits per heavy atom. The van der Waals surface area contributed by atoms with Crippen molar-refractivity contribution in [1.29, 1.82) is 0 Å². The highest BCUT2D eigenvalue weighted by Crippen LogP contribution is 2.45. The van der Waals surface area contributed by atoms with Gasteiger partial charge in [-0.05, 0) is 24.3 Å². The van der Waals surface area contributed by atoms with Crippen LogP contribution in [0.25, 0.3) is 4.91 Å². The van der Waals surface area contributed by atoms with E-state index in [-0.39, 0.29) is 10.8 Å². The van der Waals surface area contributed by atoms with Crippen LogP contribution in [-0.4, -0.2) is 40.5 Å². The Hall–Kier alpha value is -2.86. The molecule has 1 aromatic heterocycles. The number of nitrogens with one attached hydrogen (secondary N) is 1. The average Bonchev–Trinajstić information content (AvgIpc) is 3.11.